The summed E-state index contributed by atoms with van der Waals surface area (Å²) in [6.07, 6.45) is 2.83. The molecule has 0 saturated carbocycles. The summed E-state index contributed by atoms with van der Waals surface area (Å²) in [6, 6.07) is 3.77. The van der Waals surface area contributed by atoms with Crippen LogP contribution in [-0.2, 0) is 10.6 Å². The molecule has 14 heavy (non-hydrogen) atoms. The van der Waals surface area contributed by atoms with Gasteiger partial charge in [-0.2, -0.15) is 0 Å². The quantitative estimate of drug-likeness (QED) is 0.720. The lowest BCUT2D eigenvalue weighted by Gasteiger charge is -2.10. The van der Waals surface area contributed by atoms with Crippen molar-refractivity contribution in [2.75, 3.05) is 13.2 Å². The van der Waals surface area contributed by atoms with Gasteiger partial charge in [-0.15, -0.1) is 11.6 Å². The maximum absolute atomic E-state index is 5.65. The van der Waals surface area contributed by atoms with Crippen LogP contribution in [0.1, 0.15) is 12.0 Å². The zero-order valence-corrected chi connectivity index (χ0v) is 8.54. The van der Waals surface area contributed by atoms with Crippen LogP contribution in [0.5, 0.6) is 5.88 Å². The Balaban J connectivity index is 1.95. The molecule has 0 spiro atoms. The summed E-state index contributed by atoms with van der Waals surface area (Å²) in [5.74, 6) is 1.13. The summed E-state index contributed by atoms with van der Waals surface area (Å²) < 4.78 is 10.8. The predicted molar refractivity (Wildman–Crippen MR) is 53.6 cm³/mol. The zero-order chi connectivity index (χ0) is 9.80. The van der Waals surface area contributed by atoms with Crippen LogP contribution in [0, 0.1) is 0 Å². The summed E-state index contributed by atoms with van der Waals surface area (Å²) in [7, 11) is 0. The Hall–Kier alpha value is -0.800. The van der Waals surface area contributed by atoms with Crippen LogP contribution >= 0.6 is 11.6 Å². The van der Waals surface area contributed by atoms with Crippen molar-refractivity contribution in [1.82, 2.24) is 4.98 Å². The minimum atomic E-state index is 0.157. The van der Waals surface area contributed by atoms with Crippen molar-refractivity contribution in [2.24, 2.45) is 0 Å². The molecular formula is C10H12ClNO2. The summed E-state index contributed by atoms with van der Waals surface area (Å²) in [5, 5.41) is 0. The normalized spacial score (nSPS) is 21.1. The third kappa shape index (κ3) is 2.36. The van der Waals surface area contributed by atoms with Gasteiger partial charge in [0, 0.05) is 24.6 Å². The second kappa shape index (κ2) is 4.62. The number of rotatable bonds is 3. The van der Waals surface area contributed by atoms with Gasteiger partial charge in [0.15, 0.2) is 0 Å². The first-order valence-corrected chi connectivity index (χ1v) is 5.17. The van der Waals surface area contributed by atoms with Gasteiger partial charge < -0.3 is 9.47 Å². The van der Waals surface area contributed by atoms with E-state index in [1.165, 1.54) is 0 Å². The van der Waals surface area contributed by atoms with Crippen molar-refractivity contribution >= 4 is 11.6 Å². The van der Waals surface area contributed by atoms with E-state index in [0.29, 0.717) is 18.4 Å². The van der Waals surface area contributed by atoms with Gasteiger partial charge in [0.2, 0.25) is 5.88 Å². The number of aromatic nitrogens is 1. The van der Waals surface area contributed by atoms with Gasteiger partial charge in [-0.1, -0.05) is 6.07 Å². The fraction of sp³-hybridized carbons (Fsp3) is 0.500. The van der Waals surface area contributed by atoms with E-state index in [9.17, 15) is 0 Å². The van der Waals surface area contributed by atoms with E-state index in [0.717, 1.165) is 18.6 Å². The van der Waals surface area contributed by atoms with E-state index < -0.39 is 0 Å². The number of hydrogen-bond acceptors (Lipinski definition) is 3. The largest absolute Gasteiger partial charge is 0.472 e. The van der Waals surface area contributed by atoms with Gasteiger partial charge in [-0.05, 0) is 5.56 Å². The first kappa shape index (κ1) is 9.74. The third-order valence-electron chi connectivity index (χ3n) is 2.13. The molecule has 1 aliphatic rings. The smallest absolute Gasteiger partial charge is 0.213 e. The van der Waals surface area contributed by atoms with Gasteiger partial charge in [0.25, 0.3) is 0 Å². The fourth-order valence-corrected chi connectivity index (χ4v) is 1.49. The third-order valence-corrected chi connectivity index (χ3v) is 2.44. The fourth-order valence-electron chi connectivity index (χ4n) is 1.34. The van der Waals surface area contributed by atoms with Crippen molar-refractivity contribution in [3.8, 4) is 5.88 Å². The number of ether oxygens (including phenoxy) is 2. The number of pyridine rings is 1. The molecule has 0 N–H and O–H groups in total. The average Bonchev–Trinajstić information content (AvgIpc) is 2.72. The molecule has 0 aliphatic carbocycles. The van der Waals surface area contributed by atoms with E-state index >= 15 is 0 Å². The molecule has 2 heterocycles. The summed E-state index contributed by atoms with van der Waals surface area (Å²) >= 11 is 5.65. The zero-order valence-electron chi connectivity index (χ0n) is 7.78. The van der Waals surface area contributed by atoms with Crippen molar-refractivity contribution in [3.63, 3.8) is 0 Å². The van der Waals surface area contributed by atoms with Gasteiger partial charge in [-0.3, -0.25) is 0 Å². The highest BCUT2D eigenvalue weighted by Gasteiger charge is 2.17. The molecule has 1 aliphatic heterocycles. The lowest BCUT2D eigenvalue weighted by atomic mass is 10.3. The highest BCUT2D eigenvalue weighted by molar-refractivity contribution is 6.17. The van der Waals surface area contributed by atoms with Gasteiger partial charge in [-0.25, -0.2) is 4.98 Å². The van der Waals surface area contributed by atoms with Crippen LogP contribution in [-0.4, -0.2) is 24.3 Å². The summed E-state index contributed by atoms with van der Waals surface area (Å²) in [6.45, 7) is 1.45. The van der Waals surface area contributed by atoms with Crippen molar-refractivity contribution in [2.45, 2.75) is 18.4 Å². The number of nitrogens with zero attached hydrogens (tertiary/aromatic N) is 1. The minimum Gasteiger partial charge on any atom is -0.472 e. The summed E-state index contributed by atoms with van der Waals surface area (Å²) in [5.41, 5.74) is 1.00. The Morgan fingerprint density at radius 2 is 2.50 bits per heavy atom. The maximum atomic E-state index is 5.65. The minimum absolute atomic E-state index is 0.157. The Morgan fingerprint density at radius 1 is 1.57 bits per heavy atom. The second-order valence-electron chi connectivity index (χ2n) is 3.24. The van der Waals surface area contributed by atoms with Crippen molar-refractivity contribution < 1.29 is 9.47 Å². The number of alkyl halides is 1. The molecule has 1 aromatic heterocycles. The predicted octanol–water partition coefficient (Wildman–Crippen LogP) is 1.99. The molecule has 0 bridgehead atoms. The van der Waals surface area contributed by atoms with Crippen molar-refractivity contribution in [3.05, 3.63) is 23.9 Å². The maximum Gasteiger partial charge on any atom is 0.213 e. The lowest BCUT2D eigenvalue weighted by Crippen LogP contribution is -2.16. The SMILES string of the molecule is ClCc1ccc(OC2CCOC2)nc1. The van der Waals surface area contributed by atoms with Crippen LogP contribution in [0.3, 0.4) is 0 Å². The molecule has 0 aromatic carbocycles. The molecule has 1 unspecified atom stereocenters. The lowest BCUT2D eigenvalue weighted by molar-refractivity contribution is 0.138. The molecule has 1 atom stereocenters. The molecule has 4 heteroatoms. The van der Waals surface area contributed by atoms with E-state index in [1.54, 1.807) is 6.20 Å². The number of halogens is 1. The van der Waals surface area contributed by atoms with Crippen LogP contribution in [0.15, 0.2) is 18.3 Å². The van der Waals surface area contributed by atoms with Gasteiger partial charge in [0.1, 0.15) is 6.10 Å². The topological polar surface area (TPSA) is 31.4 Å². The molecule has 3 nitrogen and oxygen atoms in total. The molecule has 0 radical (unpaired) electrons. The Kier molecular flexibility index (Phi) is 3.22. The van der Waals surface area contributed by atoms with Crippen molar-refractivity contribution in [1.29, 1.82) is 0 Å². The van der Waals surface area contributed by atoms with Crippen LogP contribution in [0.2, 0.25) is 0 Å². The van der Waals surface area contributed by atoms with Crippen LogP contribution in [0.4, 0.5) is 0 Å². The first-order valence-electron chi connectivity index (χ1n) is 4.64. The summed E-state index contributed by atoms with van der Waals surface area (Å²) in [4.78, 5) is 4.15. The van der Waals surface area contributed by atoms with Gasteiger partial charge >= 0.3 is 0 Å². The average molecular weight is 214 g/mol. The van der Waals surface area contributed by atoms with E-state index in [4.69, 9.17) is 21.1 Å². The first-order chi connectivity index (χ1) is 6.88. The highest BCUT2D eigenvalue weighted by atomic mass is 35.5. The van der Waals surface area contributed by atoms with Crippen LogP contribution < -0.4 is 4.74 Å². The monoisotopic (exact) mass is 213 g/mol. The molecule has 1 aromatic rings. The molecular weight excluding hydrogens is 202 g/mol. The molecule has 2 rings (SSSR count). The van der Waals surface area contributed by atoms with E-state index in [-0.39, 0.29) is 6.10 Å². The van der Waals surface area contributed by atoms with E-state index in [1.807, 2.05) is 12.1 Å². The standard InChI is InChI=1S/C10H12ClNO2/c11-5-8-1-2-10(12-6-8)14-9-3-4-13-7-9/h1-2,6,9H,3-5,7H2. The molecule has 0 amide bonds. The van der Waals surface area contributed by atoms with Crippen LogP contribution in [0.25, 0.3) is 0 Å². The Bertz CT molecular complexity index is 283. The molecule has 1 fully saturated rings. The molecule has 1 saturated heterocycles. The molecule has 76 valence electrons. The van der Waals surface area contributed by atoms with E-state index in [2.05, 4.69) is 4.98 Å². The second-order valence-corrected chi connectivity index (χ2v) is 3.51. The number of hydrogen-bond donors (Lipinski definition) is 0. The Morgan fingerprint density at radius 3 is 3.07 bits per heavy atom. The Labute approximate surface area is 88.0 Å². The van der Waals surface area contributed by atoms with Gasteiger partial charge in [0.05, 0.1) is 13.2 Å². The highest BCUT2D eigenvalue weighted by Crippen LogP contribution is 2.15.